The predicted molar refractivity (Wildman–Crippen MR) is 86.0 cm³/mol. The van der Waals surface area contributed by atoms with Gasteiger partial charge in [0.25, 0.3) is 0 Å². The van der Waals surface area contributed by atoms with Gasteiger partial charge in [-0.3, -0.25) is 0 Å². The van der Waals surface area contributed by atoms with E-state index < -0.39 is 5.82 Å². The Bertz CT molecular complexity index is 835. The number of aliphatic hydroxyl groups excluding tert-OH is 1. The van der Waals surface area contributed by atoms with Crippen LogP contribution in [0.4, 0.5) is 4.39 Å². The molecule has 0 fully saturated rings. The maximum atomic E-state index is 13.2. The van der Waals surface area contributed by atoms with Crippen molar-refractivity contribution in [2.45, 2.75) is 6.61 Å². The lowest BCUT2D eigenvalue weighted by atomic mass is 10.0. The van der Waals surface area contributed by atoms with Gasteiger partial charge in [-0.05, 0) is 30.3 Å². The molecule has 0 radical (unpaired) electrons. The fraction of sp³-hybridized carbons (Fsp3) is 0.0625. The molecule has 0 aliphatic carbocycles. The van der Waals surface area contributed by atoms with Crippen molar-refractivity contribution in [2.24, 2.45) is 0 Å². The van der Waals surface area contributed by atoms with Gasteiger partial charge >= 0.3 is 0 Å². The third-order valence-electron chi connectivity index (χ3n) is 3.22. The number of benzene rings is 2. The van der Waals surface area contributed by atoms with Crippen LogP contribution in [0, 0.1) is 5.82 Å². The van der Waals surface area contributed by atoms with E-state index in [0.717, 1.165) is 10.0 Å². The zero-order chi connectivity index (χ0) is 15.7. The Labute approximate surface area is 139 Å². The number of nitrogens with zero attached hydrogens (tertiary/aromatic N) is 1. The molecule has 0 aliphatic heterocycles. The van der Waals surface area contributed by atoms with Crippen molar-refractivity contribution >= 4 is 27.5 Å². The van der Waals surface area contributed by atoms with Gasteiger partial charge < -0.3 is 9.63 Å². The van der Waals surface area contributed by atoms with Crippen molar-refractivity contribution in [1.29, 1.82) is 0 Å². The fourth-order valence-electron chi connectivity index (χ4n) is 2.20. The SMILES string of the molecule is OCc1c(-c2cccc(Br)c2)noc1-c1ccc(F)cc1Cl. The first-order valence-corrected chi connectivity index (χ1v) is 7.58. The summed E-state index contributed by atoms with van der Waals surface area (Å²) in [6, 6.07) is 11.5. The van der Waals surface area contributed by atoms with Crippen LogP contribution in [0.15, 0.2) is 51.5 Å². The van der Waals surface area contributed by atoms with Crippen LogP contribution in [0.1, 0.15) is 5.56 Å². The predicted octanol–water partition coefficient (Wildman–Crippen LogP) is 5.06. The molecule has 0 bridgehead atoms. The zero-order valence-electron chi connectivity index (χ0n) is 11.2. The average Bonchev–Trinajstić information content (AvgIpc) is 2.91. The van der Waals surface area contributed by atoms with E-state index in [2.05, 4.69) is 21.1 Å². The smallest absolute Gasteiger partial charge is 0.174 e. The quantitative estimate of drug-likeness (QED) is 0.689. The Morgan fingerprint density at radius 3 is 2.73 bits per heavy atom. The van der Waals surface area contributed by atoms with Crippen molar-refractivity contribution in [1.82, 2.24) is 5.16 Å². The number of hydrogen-bond donors (Lipinski definition) is 1. The van der Waals surface area contributed by atoms with Gasteiger partial charge in [-0.2, -0.15) is 0 Å². The Morgan fingerprint density at radius 1 is 1.23 bits per heavy atom. The molecule has 1 N–H and O–H groups in total. The average molecular weight is 383 g/mol. The van der Waals surface area contributed by atoms with Crippen molar-refractivity contribution in [3.63, 3.8) is 0 Å². The molecule has 3 nitrogen and oxygen atoms in total. The number of aromatic nitrogens is 1. The van der Waals surface area contributed by atoms with Crippen LogP contribution in [0.3, 0.4) is 0 Å². The fourth-order valence-corrected chi connectivity index (χ4v) is 2.86. The third-order valence-corrected chi connectivity index (χ3v) is 4.03. The molecule has 3 rings (SSSR count). The highest BCUT2D eigenvalue weighted by Crippen LogP contribution is 2.36. The van der Waals surface area contributed by atoms with Gasteiger partial charge in [0.05, 0.1) is 17.2 Å². The van der Waals surface area contributed by atoms with Gasteiger partial charge in [-0.15, -0.1) is 0 Å². The van der Waals surface area contributed by atoms with E-state index in [0.29, 0.717) is 22.6 Å². The van der Waals surface area contributed by atoms with Crippen LogP contribution in [0.2, 0.25) is 5.02 Å². The molecule has 0 unspecified atom stereocenters. The van der Waals surface area contributed by atoms with E-state index in [-0.39, 0.29) is 11.6 Å². The summed E-state index contributed by atoms with van der Waals surface area (Å²) in [5.41, 5.74) is 2.32. The van der Waals surface area contributed by atoms with E-state index in [1.807, 2.05) is 24.3 Å². The van der Waals surface area contributed by atoms with Gasteiger partial charge in [-0.25, -0.2) is 4.39 Å². The first-order chi connectivity index (χ1) is 10.6. The molecule has 22 heavy (non-hydrogen) atoms. The molecule has 3 aromatic rings. The summed E-state index contributed by atoms with van der Waals surface area (Å²) >= 11 is 9.45. The molecule has 0 amide bonds. The van der Waals surface area contributed by atoms with Crippen LogP contribution in [-0.4, -0.2) is 10.3 Å². The van der Waals surface area contributed by atoms with Gasteiger partial charge in [0.2, 0.25) is 0 Å². The molecule has 2 aromatic carbocycles. The minimum absolute atomic E-state index is 0.201. The lowest BCUT2D eigenvalue weighted by Gasteiger charge is -2.04. The summed E-state index contributed by atoms with van der Waals surface area (Å²) in [5.74, 6) is -0.103. The maximum Gasteiger partial charge on any atom is 0.174 e. The largest absolute Gasteiger partial charge is 0.391 e. The van der Waals surface area contributed by atoms with Crippen molar-refractivity contribution < 1.29 is 14.0 Å². The molecule has 1 heterocycles. The number of rotatable bonds is 3. The van der Waals surface area contributed by atoms with E-state index in [9.17, 15) is 9.50 Å². The Hall–Kier alpha value is -1.69. The van der Waals surface area contributed by atoms with Crippen molar-refractivity contribution in [3.8, 4) is 22.6 Å². The van der Waals surface area contributed by atoms with Crippen molar-refractivity contribution in [3.05, 3.63) is 63.3 Å². The minimum Gasteiger partial charge on any atom is -0.391 e. The first-order valence-electron chi connectivity index (χ1n) is 6.41. The second-order valence-electron chi connectivity index (χ2n) is 4.63. The van der Waals surface area contributed by atoms with Crippen LogP contribution >= 0.6 is 27.5 Å². The molecular formula is C16H10BrClFNO2. The zero-order valence-corrected chi connectivity index (χ0v) is 13.5. The van der Waals surface area contributed by atoms with Crippen LogP contribution in [-0.2, 0) is 6.61 Å². The standard InChI is InChI=1S/C16H10BrClFNO2/c17-10-3-1-2-9(6-10)15-13(8-21)16(22-20-15)12-5-4-11(19)7-14(12)18/h1-7,21H,8H2. The summed E-state index contributed by atoms with van der Waals surface area (Å²) in [7, 11) is 0. The second kappa shape index (κ2) is 6.20. The number of hydrogen-bond acceptors (Lipinski definition) is 3. The van der Waals surface area contributed by atoms with Gasteiger partial charge in [-0.1, -0.05) is 44.8 Å². The molecule has 112 valence electrons. The third kappa shape index (κ3) is 2.79. The highest BCUT2D eigenvalue weighted by atomic mass is 79.9. The van der Waals surface area contributed by atoms with E-state index in [1.54, 1.807) is 0 Å². The lowest BCUT2D eigenvalue weighted by molar-refractivity contribution is 0.281. The molecule has 0 saturated carbocycles. The minimum atomic E-state index is -0.439. The molecule has 0 spiro atoms. The van der Waals surface area contributed by atoms with Crippen molar-refractivity contribution in [2.75, 3.05) is 0 Å². The molecule has 0 atom stereocenters. The molecule has 0 aliphatic rings. The van der Waals surface area contributed by atoms with E-state index in [4.69, 9.17) is 16.1 Å². The van der Waals surface area contributed by atoms with Gasteiger partial charge in [0, 0.05) is 15.6 Å². The summed E-state index contributed by atoms with van der Waals surface area (Å²) in [6.45, 7) is -0.269. The van der Waals surface area contributed by atoms with E-state index >= 15 is 0 Å². The molecule has 1 aromatic heterocycles. The molecule has 0 saturated heterocycles. The first kappa shape index (κ1) is 15.2. The topological polar surface area (TPSA) is 46.3 Å². The normalized spacial score (nSPS) is 10.9. The highest BCUT2D eigenvalue weighted by Gasteiger charge is 2.20. The number of aliphatic hydroxyl groups is 1. The Kier molecular flexibility index (Phi) is 4.29. The second-order valence-corrected chi connectivity index (χ2v) is 5.95. The van der Waals surface area contributed by atoms with Gasteiger partial charge in [0.15, 0.2) is 5.76 Å². The monoisotopic (exact) mass is 381 g/mol. The lowest BCUT2D eigenvalue weighted by Crippen LogP contribution is -1.90. The van der Waals surface area contributed by atoms with Gasteiger partial charge in [0.1, 0.15) is 11.5 Å². The molecular weight excluding hydrogens is 373 g/mol. The summed E-state index contributed by atoms with van der Waals surface area (Å²) < 4.78 is 19.4. The summed E-state index contributed by atoms with van der Waals surface area (Å²) in [4.78, 5) is 0. The summed E-state index contributed by atoms with van der Waals surface area (Å²) in [6.07, 6.45) is 0. The number of halogens is 3. The van der Waals surface area contributed by atoms with Crippen LogP contribution < -0.4 is 0 Å². The van der Waals surface area contributed by atoms with Crippen LogP contribution in [0.25, 0.3) is 22.6 Å². The highest BCUT2D eigenvalue weighted by molar-refractivity contribution is 9.10. The Morgan fingerprint density at radius 2 is 2.05 bits per heavy atom. The van der Waals surface area contributed by atoms with E-state index in [1.165, 1.54) is 18.2 Å². The summed E-state index contributed by atoms with van der Waals surface area (Å²) in [5, 5.41) is 13.9. The Balaban J connectivity index is 2.15. The molecule has 6 heteroatoms. The van der Waals surface area contributed by atoms with Crippen LogP contribution in [0.5, 0.6) is 0 Å². The maximum absolute atomic E-state index is 13.2.